The Hall–Kier alpha value is -4.36. The van der Waals surface area contributed by atoms with Crippen LogP contribution in [-0.4, -0.2) is 12.2 Å². The topological polar surface area (TPSA) is 58.9 Å². The molecule has 4 rings (SSSR count). The van der Waals surface area contributed by atoms with Crippen molar-refractivity contribution in [1.82, 2.24) is 0 Å². The lowest BCUT2D eigenvalue weighted by Crippen LogP contribution is -1.90. The van der Waals surface area contributed by atoms with Gasteiger partial charge >= 0.3 is 0 Å². The highest BCUT2D eigenvalue weighted by Crippen LogP contribution is 2.46. The molecule has 0 spiro atoms. The van der Waals surface area contributed by atoms with Gasteiger partial charge in [-0.2, -0.15) is 9.98 Å². The zero-order valence-electron chi connectivity index (χ0n) is 15.9. The van der Waals surface area contributed by atoms with Crippen LogP contribution in [0.25, 0.3) is 33.4 Å². The average Bonchev–Trinajstić information content (AvgIpc) is 2.81. The van der Waals surface area contributed by atoms with Gasteiger partial charge in [-0.1, -0.05) is 91.0 Å². The predicted molar refractivity (Wildman–Crippen MR) is 118 cm³/mol. The van der Waals surface area contributed by atoms with Crippen LogP contribution in [0.5, 0.6) is 0 Å². The molecule has 0 aromatic heterocycles. The Labute approximate surface area is 173 Å². The van der Waals surface area contributed by atoms with Crippen molar-refractivity contribution in [2.45, 2.75) is 0 Å². The second-order valence-electron chi connectivity index (χ2n) is 6.54. The van der Waals surface area contributed by atoms with Gasteiger partial charge in [0.1, 0.15) is 0 Å². The Balaban J connectivity index is 2.11. The van der Waals surface area contributed by atoms with E-state index in [0.717, 1.165) is 22.3 Å². The summed E-state index contributed by atoms with van der Waals surface area (Å²) in [7, 11) is 0. The van der Waals surface area contributed by atoms with Crippen molar-refractivity contribution >= 4 is 23.5 Å². The number of benzene rings is 4. The smallest absolute Gasteiger partial charge is 0.211 e. The zero-order chi connectivity index (χ0) is 20.8. The lowest BCUT2D eigenvalue weighted by Gasteiger charge is -2.17. The molecule has 30 heavy (non-hydrogen) atoms. The van der Waals surface area contributed by atoms with E-state index < -0.39 is 0 Å². The highest BCUT2D eigenvalue weighted by atomic mass is 16.1. The summed E-state index contributed by atoms with van der Waals surface area (Å²) < 4.78 is 0. The first-order chi connectivity index (χ1) is 14.8. The summed E-state index contributed by atoms with van der Waals surface area (Å²) in [4.78, 5) is 30.3. The van der Waals surface area contributed by atoms with Gasteiger partial charge in [-0.3, -0.25) is 0 Å². The van der Waals surface area contributed by atoms with Crippen LogP contribution in [0.15, 0.2) is 107 Å². The number of aliphatic imine (C=N–C) groups is 2. The van der Waals surface area contributed by atoms with Gasteiger partial charge in [0, 0.05) is 16.7 Å². The first-order valence-corrected chi connectivity index (χ1v) is 9.36. The van der Waals surface area contributed by atoms with E-state index in [-0.39, 0.29) is 0 Å². The molecule has 0 aliphatic rings. The van der Waals surface area contributed by atoms with E-state index in [9.17, 15) is 9.59 Å². The third-order valence-corrected chi connectivity index (χ3v) is 4.84. The standard InChI is InChI=1S/C26H16N2O2/c29-17-27-24-14-8-7-13-22(24)23-16-15-21(19-9-3-1-4-10-19)25(26(23)28-18-30)20-11-5-2-6-12-20/h1-16H. The minimum Gasteiger partial charge on any atom is -0.211 e. The predicted octanol–water partition coefficient (Wildman–Crippen LogP) is 6.62. The number of nitrogens with zero attached hydrogens (tertiary/aromatic N) is 2. The molecule has 4 nitrogen and oxygen atoms in total. The summed E-state index contributed by atoms with van der Waals surface area (Å²) >= 11 is 0. The molecule has 0 atom stereocenters. The van der Waals surface area contributed by atoms with Crippen LogP contribution in [0, 0.1) is 0 Å². The molecule has 0 bridgehead atoms. The molecular formula is C26H16N2O2. The maximum absolute atomic E-state index is 11.4. The minimum absolute atomic E-state index is 0.460. The monoisotopic (exact) mass is 388 g/mol. The fourth-order valence-electron chi connectivity index (χ4n) is 3.57. The highest BCUT2D eigenvalue weighted by Gasteiger charge is 2.19. The Bertz CT molecular complexity index is 1290. The van der Waals surface area contributed by atoms with Gasteiger partial charge in [0.2, 0.25) is 12.2 Å². The van der Waals surface area contributed by atoms with Crippen molar-refractivity contribution in [3.63, 3.8) is 0 Å². The number of hydrogen-bond acceptors (Lipinski definition) is 4. The Morgan fingerprint density at radius 2 is 1.07 bits per heavy atom. The van der Waals surface area contributed by atoms with Gasteiger partial charge in [-0.05, 0) is 22.8 Å². The molecule has 142 valence electrons. The molecule has 0 heterocycles. The molecule has 0 unspecified atom stereocenters. The highest BCUT2D eigenvalue weighted by molar-refractivity contribution is 6.00. The van der Waals surface area contributed by atoms with Gasteiger partial charge in [-0.25, -0.2) is 9.59 Å². The van der Waals surface area contributed by atoms with Crippen LogP contribution in [0.2, 0.25) is 0 Å². The van der Waals surface area contributed by atoms with Crippen LogP contribution in [0.3, 0.4) is 0 Å². The molecule has 0 aliphatic carbocycles. The molecule has 0 aliphatic heterocycles. The number of para-hydroxylation sites is 1. The van der Waals surface area contributed by atoms with E-state index in [0.29, 0.717) is 22.5 Å². The average molecular weight is 388 g/mol. The Kier molecular flexibility index (Phi) is 5.54. The van der Waals surface area contributed by atoms with E-state index in [4.69, 9.17) is 0 Å². The van der Waals surface area contributed by atoms with E-state index in [2.05, 4.69) is 9.98 Å². The molecule has 0 saturated carbocycles. The lowest BCUT2D eigenvalue weighted by atomic mass is 9.88. The fraction of sp³-hybridized carbons (Fsp3) is 0. The van der Waals surface area contributed by atoms with Crippen molar-refractivity contribution in [2.75, 3.05) is 0 Å². The molecule has 4 aromatic rings. The molecule has 0 radical (unpaired) electrons. The maximum Gasteiger partial charge on any atom is 0.240 e. The van der Waals surface area contributed by atoms with Crippen molar-refractivity contribution in [1.29, 1.82) is 0 Å². The van der Waals surface area contributed by atoms with Crippen molar-refractivity contribution in [3.05, 3.63) is 97.1 Å². The third kappa shape index (κ3) is 3.65. The summed E-state index contributed by atoms with van der Waals surface area (Å²) in [5, 5.41) is 0. The summed E-state index contributed by atoms with van der Waals surface area (Å²) in [6.45, 7) is 0. The number of isocyanates is 2. The second-order valence-corrected chi connectivity index (χ2v) is 6.54. The molecule has 4 heteroatoms. The van der Waals surface area contributed by atoms with Crippen LogP contribution >= 0.6 is 0 Å². The van der Waals surface area contributed by atoms with Crippen LogP contribution in [-0.2, 0) is 9.59 Å². The molecule has 0 fully saturated rings. The van der Waals surface area contributed by atoms with E-state index in [1.54, 1.807) is 24.3 Å². The number of hydrogen-bond donors (Lipinski definition) is 0. The zero-order valence-corrected chi connectivity index (χ0v) is 15.9. The van der Waals surface area contributed by atoms with Crippen molar-refractivity contribution in [2.24, 2.45) is 9.98 Å². The van der Waals surface area contributed by atoms with Gasteiger partial charge in [0.05, 0.1) is 11.4 Å². The second kappa shape index (κ2) is 8.76. The summed E-state index contributed by atoms with van der Waals surface area (Å²) in [5.41, 5.74) is 5.99. The largest absolute Gasteiger partial charge is 0.240 e. The van der Waals surface area contributed by atoms with Gasteiger partial charge in [-0.15, -0.1) is 0 Å². The van der Waals surface area contributed by atoms with E-state index >= 15 is 0 Å². The van der Waals surface area contributed by atoms with Gasteiger partial charge < -0.3 is 0 Å². The summed E-state index contributed by atoms with van der Waals surface area (Å²) in [6, 6.07) is 30.8. The molecule has 0 N–H and O–H groups in total. The van der Waals surface area contributed by atoms with Crippen LogP contribution < -0.4 is 0 Å². The SMILES string of the molecule is O=C=Nc1ccccc1-c1ccc(-c2ccccc2)c(-c2ccccc2)c1N=C=O. The molecule has 0 saturated heterocycles. The minimum atomic E-state index is 0.460. The molecular weight excluding hydrogens is 372 g/mol. The van der Waals surface area contributed by atoms with E-state index in [1.165, 1.54) is 0 Å². The third-order valence-electron chi connectivity index (χ3n) is 4.84. The van der Waals surface area contributed by atoms with Crippen LogP contribution in [0.1, 0.15) is 0 Å². The summed E-state index contributed by atoms with van der Waals surface area (Å²) in [5.74, 6) is 0. The fourth-order valence-corrected chi connectivity index (χ4v) is 3.57. The Morgan fingerprint density at radius 1 is 0.500 bits per heavy atom. The maximum atomic E-state index is 11.4. The summed E-state index contributed by atoms with van der Waals surface area (Å²) in [6.07, 6.45) is 3.30. The van der Waals surface area contributed by atoms with Gasteiger partial charge in [0.25, 0.3) is 0 Å². The first kappa shape index (κ1) is 19.0. The van der Waals surface area contributed by atoms with Crippen molar-refractivity contribution < 1.29 is 9.59 Å². The molecule has 4 aromatic carbocycles. The number of rotatable bonds is 5. The van der Waals surface area contributed by atoms with E-state index in [1.807, 2.05) is 84.9 Å². The lowest BCUT2D eigenvalue weighted by molar-refractivity contribution is 0.564. The molecule has 0 amide bonds. The van der Waals surface area contributed by atoms with Crippen molar-refractivity contribution in [3.8, 4) is 33.4 Å². The Morgan fingerprint density at radius 3 is 1.73 bits per heavy atom. The first-order valence-electron chi connectivity index (χ1n) is 9.36. The van der Waals surface area contributed by atoms with Gasteiger partial charge in [0.15, 0.2) is 0 Å². The normalized spacial score (nSPS) is 10.0. The van der Waals surface area contributed by atoms with Crippen LogP contribution in [0.4, 0.5) is 11.4 Å². The number of carbonyl (C=O) groups excluding carboxylic acids is 2. The quantitative estimate of drug-likeness (QED) is 0.285.